The van der Waals surface area contributed by atoms with Crippen LogP contribution in [0.3, 0.4) is 0 Å². The maximum atomic E-state index is 3.85. The molecular weight excluding hydrogens is 598 g/mol. The molecule has 6 aromatic carbocycles. The van der Waals surface area contributed by atoms with Gasteiger partial charge in [-0.1, -0.05) is 135 Å². The molecular formula is C42H34BrN. The summed E-state index contributed by atoms with van der Waals surface area (Å²) in [6.07, 6.45) is 0. The molecule has 6 aromatic rings. The predicted octanol–water partition coefficient (Wildman–Crippen LogP) is 12.2. The summed E-state index contributed by atoms with van der Waals surface area (Å²) >= 11 is 3.85. The van der Waals surface area contributed by atoms with Crippen LogP contribution in [0.1, 0.15) is 49.9 Å². The van der Waals surface area contributed by atoms with Crippen LogP contribution in [0.5, 0.6) is 0 Å². The molecule has 214 valence electrons. The molecule has 0 atom stereocenters. The van der Waals surface area contributed by atoms with Crippen molar-refractivity contribution in [1.82, 2.24) is 0 Å². The smallest absolute Gasteiger partial charge is 0.0468 e. The SMILES string of the molecule is CC1(C)c2ccccc2-c2ccc(N(c3ccc(Br)c(-c4ccccc4)c3)c3ccc4c(c3)C(C)(C)c3ccccc3-4)cc21. The average molecular weight is 633 g/mol. The van der Waals surface area contributed by atoms with Crippen LogP contribution >= 0.6 is 15.9 Å². The molecule has 0 saturated carbocycles. The van der Waals surface area contributed by atoms with E-state index in [-0.39, 0.29) is 10.8 Å². The molecule has 0 radical (unpaired) electrons. The lowest BCUT2D eigenvalue weighted by atomic mass is 9.82. The molecule has 8 rings (SSSR count). The molecule has 0 amide bonds. The monoisotopic (exact) mass is 631 g/mol. The molecule has 0 bridgehead atoms. The van der Waals surface area contributed by atoms with Gasteiger partial charge < -0.3 is 4.90 Å². The minimum atomic E-state index is -0.0793. The molecule has 1 nitrogen and oxygen atoms in total. The second-order valence-electron chi connectivity index (χ2n) is 13.2. The van der Waals surface area contributed by atoms with E-state index in [9.17, 15) is 0 Å². The highest BCUT2D eigenvalue weighted by molar-refractivity contribution is 9.10. The first kappa shape index (κ1) is 27.2. The van der Waals surface area contributed by atoms with Gasteiger partial charge in [-0.05, 0) is 98.1 Å². The lowest BCUT2D eigenvalue weighted by molar-refractivity contribution is 0.660. The van der Waals surface area contributed by atoms with Gasteiger partial charge in [-0.3, -0.25) is 0 Å². The summed E-state index contributed by atoms with van der Waals surface area (Å²) in [5.74, 6) is 0. The third-order valence-corrected chi connectivity index (χ3v) is 10.6. The summed E-state index contributed by atoms with van der Waals surface area (Å²) in [6, 6.07) is 49.2. The van der Waals surface area contributed by atoms with Crippen LogP contribution in [0.2, 0.25) is 0 Å². The Balaban J connectivity index is 1.34. The van der Waals surface area contributed by atoms with Crippen molar-refractivity contribution in [3.05, 3.63) is 160 Å². The lowest BCUT2D eigenvalue weighted by Crippen LogP contribution is -2.18. The molecule has 2 aliphatic rings. The molecule has 0 N–H and O–H groups in total. The fraction of sp³-hybridized carbons (Fsp3) is 0.143. The Labute approximate surface area is 269 Å². The Morgan fingerprint density at radius 3 is 1.39 bits per heavy atom. The molecule has 0 spiro atoms. The van der Waals surface area contributed by atoms with Gasteiger partial charge in [0.2, 0.25) is 0 Å². The number of halogens is 1. The van der Waals surface area contributed by atoms with E-state index in [0.29, 0.717) is 0 Å². The minimum Gasteiger partial charge on any atom is -0.310 e. The Bertz CT molecular complexity index is 1980. The van der Waals surface area contributed by atoms with E-state index >= 15 is 0 Å². The summed E-state index contributed by atoms with van der Waals surface area (Å²) in [5, 5.41) is 0. The van der Waals surface area contributed by atoms with Crippen LogP contribution in [0.15, 0.2) is 138 Å². The van der Waals surface area contributed by atoms with Crippen LogP contribution in [-0.2, 0) is 10.8 Å². The first-order chi connectivity index (χ1) is 21.2. The van der Waals surface area contributed by atoms with E-state index in [0.717, 1.165) is 10.2 Å². The molecule has 0 aliphatic heterocycles. The predicted molar refractivity (Wildman–Crippen MR) is 189 cm³/mol. The van der Waals surface area contributed by atoms with E-state index < -0.39 is 0 Å². The van der Waals surface area contributed by atoms with Crippen molar-refractivity contribution in [1.29, 1.82) is 0 Å². The lowest BCUT2D eigenvalue weighted by Gasteiger charge is -2.30. The number of nitrogens with zero attached hydrogens (tertiary/aromatic N) is 1. The summed E-state index contributed by atoms with van der Waals surface area (Å²) in [7, 11) is 0. The van der Waals surface area contributed by atoms with Crippen LogP contribution in [0.4, 0.5) is 17.1 Å². The third kappa shape index (κ3) is 3.97. The first-order valence-electron chi connectivity index (χ1n) is 15.4. The molecule has 0 fully saturated rings. The van der Waals surface area contributed by atoms with Crippen LogP contribution < -0.4 is 4.90 Å². The average Bonchev–Trinajstić information content (AvgIpc) is 3.42. The van der Waals surface area contributed by atoms with Gasteiger partial charge in [0.25, 0.3) is 0 Å². The second-order valence-corrected chi connectivity index (χ2v) is 14.0. The summed E-state index contributed by atoms with van der Waals surface area (Å²) < 4.78 is 1.09. The Morgan fingerprint density at radius 2 is 0.841 bits per heavy atom. The maximum absolute atomic E-state index is 3.85. The van der Waals surface area contributed by atoms with Crippen molar-refractivity contribution in [3.8, 4) is 33.4 Å². The van der Waals surface area contributed by atoms with E-state index in [2.05, 4.69) is 182 Å². The number of rotatable bonds is 4. The standard InChI is InChI=1S/C42H34BrN/c1-41(2)36-16-10-8-14-31(36)33-21-18-29(25-38(33)41)44(28-20-23-40(43)35(24-28)27-12-6-5-7-13-27)30-19-22-34-32-15-9-11-17-37(32)42(3,4)39(34)26-30/h5-26H,1-4H3. The summed E-state index contributed by atoms with van der Waals surface area (Å²) in [5.41, 5.74) is 16.6. The second kappa shape index (κ2) is 9.81. The van der Waals surface area contributed by atoms with Gasteiger partial charge in [-0.25, -0.2) is 0 Å². The number of anilines is 3. The zero-order chi connectivity index (χ0) is 30.2. The zero-order valence-electron chi connectivity index (χ0n) is 25.5. The number of hydrogen-bond donors (Lipinski definition) is 0. The van der Waals surface area contributed by atoms with Crippen LogP contribution in [0.25, 0.3) is 33.4 Å². The molecule has 0 heterocycles. The maximum Gasteiger partial charge on any atom is 0.0468 e. The van der Waals surface area contributed by atoms with E-state index in [4.69, 9.17) is 0 Å². The van der Waals surface area contributed by atoms with Gasteiger partial charge in [0.1, 0.15) is 0 Å². The minimum absolute atomic E-state index is 0.0793. The molecule has 0 aromatic heterocycles. The van der Waals surface area contributed by atoms with Crippen LogP contribution in [0, 0.1) is 0 Å². The molecule has 2 aliphatic carbocycles. The summed E-state index contributed by atoms with van der Waals surface area (Å²) in [6.45, 7) is 9.42. The van der Waals surface area contributed by atoms with Crippen molar-refractivity contribution in [3.63, 3.8) is 0 Å². The Morgan fingerprint density at radius 1 is 0.409 bits per heavy atom. The quantitative estimate of drug-likeness (QED) is 0.187. The van der Waals surface area contributed by atoms with Gasteiger partial charge in [0, 0.05) is 32.4 Å². The molecule has 44 heavy (non-hydrogen) atoms. The first-order valence-corrected chi connectivity index (χ1v) is 16.2. The fourth-order valence-electron chi connectivity index (χ4n) is 7.60. The van der Waals surface area contributed by atoms with Crippen molar-refractivity contribution in [2.75, 3.05) is 4.90 Å². The van der Waals surface area contributed by atoms with Gasteiger partial charge >= 0.3 is 0 Å². The highest BCUT2D eigenvalue weighted by Gasteiger charge is 2.37. The van der Waals surface area contributed by atoms with Crippen molar-refractivity contribution in [2.45, 2.75) is 38.5 Å². The number of fused-ring (bicyclic) bond motifs is 6. The largest absolute Gasteiger partial charge is 0.310 e. The highest BCUT2D eigenvalue weighted by Crippen LogP contribution is 2.53. The van der Waals surface area contributed by atoms with E-state index in [1.54, 1.807) is 0 Å². The van der Waals surface area contributed by atoms with Crippen molar-refractivity contribution >= 4 is 33.0 Å². The topological polar surface area (TPSA) is 3.24 Å². The van der Waals surface area contributed by atoms with Gasteiger partial charge in [0.15, 0.2) is 0 Å². The molecule has 2 heteroatoms. The van der Waals surface area contributed by atoms with E-state index in [1.165, 1.54) is 67.0 Å². The highest BCUT2D eigenvalue weighted by atomic mass is 79.9. The van der Waals surface area contributed by atoms with Gasteiger partial charge in [-0.2, -0.15) is 0 Å². The van der Waals surface area contributed by atoms with E-state index in [1.807, 2.05) is 0 Å². The fourth-order valence-corrected chi connectivity index (χ4v) is 8.08. The zero-order valence-corrected chi connectivity index (χ0v) is 27.1. The van der Waals surface area contributed by atoms with Crippen LogP contribution in [-0.4, -0.2) is 0 Å². The van der Waals surface area contributed by atoms with Gasteiger partial charge in [0.05, 0.1) is 0 Å². The molecule has 0 unspecified atom stereocenters. The van der Waals surface area contributed by atoms with Crippen molar-refractivity contribution in [2.24, 2.45) is 0 Å². The number of hydrogen-bond acceptors (Lipinski definition) is 1. The van der Waals surface area contributed by atoms with Gasteiger partial charge in [-0.15, -0.1) is 0 Å². The normalized spacial score (nSPS) is 14.8. The Hall–Kier alpha value is -4.40. The third-order valence-electron chi connectivity index (χ3n) is 9.94. The molecule has 0 saturated heterocycles. The number of benzene rings is 6. The van der Waals surface area contributed by atoms with Crippen molar-refractivity contribution < 1.29 is 0 Å². The summed E-state index contributed by atoms with van der Waals surface area (Å²) in [4.78, 5) is 2.44. The Kier molecular flexibility index (Phi) is 6.06.